The van der Waals surface area contributed by atoms with Crippen molar-refractivity contribution in [3.8, 4) is 51.4 Å². The van der Waals surface area contributed by atoms with Gasteiger partial charge in [0.05, 0.1) is 69.6 Å². The number of nitrogens with one attached hydrogen (secondary N) is 2. The Bertz CT molecular complexity index is 5060. The Morgan fingerprint density at radius 2 is 0.950 bits per heavy atom. The highest BCUT2D eigenvalue weighted by Crippen LogP contribution is 2.36. The number of hydrogen-bond acceptors (Lipinski definition) is 21. The van der Waals surface area contributed by atoms with E-state index >= 15 is 0 Å². The fourth-order valence-electron chi connectivity index (χ4n) is 11.1. The summed E-state index contributed by atoms with van der Waals surface area (Å²) in [6.45, 7) is 26.1. The van der Waals surface area contributed by atoms with Crippen LogP contribution in [0.15, 0.2) is 97.1 Å². The van der Waals surface area contributed by atoms with Gasteiger partial charge in [-0.2, -0.15) is 28.8 Å². The van der Waals surface area contributed by atoms with Crippen LogP contribution < -0.4 is 55.2 Å². The van der Waals surface area contributed by atoms with Crippen LogP contribution in [0.4, 0.5) is 26.4 Å². The van der Waals surface area contributed by atoms with Crippen LogP contribution >= 0.6 is 34.0 Å². The summed E-state index contributed by atoms with van der Waals surface area (Å²) in [5.74, 6) is 4.13. The number of methoxy groups -OCH3 is 2. The van der Waals surface area contributed by atoms with Gasteiger partial charge in [0.2, 0.25) is 11.8 Å². The number of anilines is 5. The summed E-state index contributed by atoms with van der Waals surface area (Å²) in [5.41, 5.74) is 8.17. The summed E-state index contributed by atoms with van der Waals surface area (Å²) in [6.07, 6.45) is 6.87. The molecule has 2 N–H and O–H groups in total. The van der Waals surface area contributed by atoms with Crippen LogP contribution in [0.5, 0.6) is 17.2 Å². The number of carbonyl (C=O) groups is 2. The standard InChI is InChI=1S/C30H40N6O3S.C24H28N6O2S.C21H23N5OS/c1-9-38-14-15-39-24-12-10-20(31-25(37)16-19(2)3)17-22(24)28-32-33-29-23(27(30(4,5)6)34-36(28)29)18-21-11-13-26(40-21)35(7)8;1-14(31)25-15-8-10-19(32-7)17(12-15)22-26-27-23-18(21(24(2,3)4)28-30(22)23)13-16-9-11-20(33-16)29(5)6;1-13(2)19-16(12-14-10-11-18(28-14)25(3)4)21-23-22-20(26(21)24-19)15-8-6-7-9-17(15)27-5/h10-13,17-19H,9,14-16H2,1-8H3,(H,31,37);8-13H,1-7H3,(H,25,31);6-13H,1-5H3/b23-18-;18-13-;16-12-. The summed E-state index contributed by atoms with van der Waals surface area (Å²) in [5, 5.41) is 54.1. The van der Waals surface area contributed by atoms with Gasteiger partial charge in [0.1, 0.15) is 23.9 Å². The lowest BCUT2D eigenvalue weighted by atomic mass is 9.91. The van der Waals surface area contributed by atoms with Gasteiger partial charge >= 0.3 is 0 Å². The second-order valence-electron chi connectivity index (χ2n) is 27.6. The van der Waals surface area contributed by atoms with Crippen molar-refractivity contribution in [2.45, 2.75) is 106 Å². The molecule has 0 aliphatic rings. The molecule has 3 aromatic carbocycles. The summed E-state index contributed by atoms with van der Waals surface area (Å²) in [7, 11) is 15.5. The largest absolute Gasteiger partial charge is 0.496 e. The number of para-hydroxylation sites is 1. The van der Waals surface area contributed by atoms with E-state index in [1.54, 1.807) is 69.4 Å². The van der Waals surface area contributed by atoms with Crippen LogP contribution in [0.1, 0.15) is 127 Å². The van der Waals surface area contributed by atoms with Crippen molar-refractivity contribution in [1.82, 2.24) is 59.4 Å². The second kappa shape index (κ2) is 31.3. The molecular weight excluding hydrogens is 1330 g/mol. The minimum atomic E-state index is -0.227. The summed E-state index contributed by atoms with van der Waals surface area (Å²) < 4.78 is 28.0. The molecule has 0 saturated carbocycles. The molecule has 101 heavy (non-hydrogen) atoms. The van der Waals surface area contributed by atoms with Gasteiger partial charge in [-0.05, 0) is 122 Å². The number of benzene rings is 3. The summed E-state index contributed by atoms with van der Waals surface area (Å²) in [4.78, 5) is 33.8. The van der Waals surface area contributed by atoms with Crippen molar-refractivity contribution in [1.29, 1.82) is 0 Å². The van der Waals surface area contributed by atoms with Gasteiger partial charge in [-0.1, -0.05) is 81.4 Å². The number of carbonyl (C=O) groups excluding carboxylic acids is 2. The normalized spacial score (nSPS) is 12.4. The highest BCUT2D eigenvalue weighted by molar-refractivity contribution is 7.17. The first kappa shape index (κ1) is 73.8. The maximum Gasteiger partial charge on any atom is 0.224 e. The van der Waals surface area contributed by atoms with Crippen molar-refractivity contribution in [3.05, 3.63) is 144 Å². The number of fused-ring (bicyclic) bond motifs is 3. The van der Waals surface area contributed by atoms with E-state index in [1.165, 1.54) is 26.8 Å². The Balaban J connectivity index is 0.000000166. The predicted molar refractivity (Wildman–Crippen MR) is 410 cm³/mol. The minimum Gasteiger partial charge on any atom is -0.496 e. The van der Waals surface area contributed by atoms with Crippen molar-refractivity contribution in [2.75, 3.05) is 102 Å². The summed E-state index contributed by atoms with van der Waals surface area (Å²) >= 11 is 5.16. The SMILES string of the molecule is CCOCCOc1ccc(NC(=O)CC(C)C)cc1-c1nnc2/c(=C\c3ccc(N(C)C)s3)c(C(C)(C)C)nn12.COc1ccc(NC(C)=O)cc1-c1nnc2/c(=C\c3ccc(N(C)C)s3)c(C(C)(C)C)nn12.COc1ccccc1-c1nnc2/c(=C\c3ccc(N(C)C)s3)c(C(C)C)nn12. The number of thiophene rings is 3. The zero-order valence-electron chi connectivity index (χ0n) is 61.3. The van der Waals surface area contributed by atoms with Gasteiger partial charge in [-0.15, -0.1) is 64.6 Å². The van der Waals surface area contributed by atoms with E-state index in [1.807, 2.05) is 102 Å². The molecule has 0 fully saturated rings. The zero-order valence-corrected chi connectivity index (χ0v) is 63.8. The monoisotopic (exact) mass is 1420 g/mol. The number of hydrogen-bond donors (Lipinski definition) is 2. The summed E-state index contributed by atoms with van der Waals surface area (Å²) in [6, 6.07) is 31.5. The van der Waals surface area contributed by atoms with Gasteiger partial charge in [-0.3, -0.25) is 9.59 Å². The van der Waals surface area contributed by atoms with E-state index in [9.17, 15) is 9.59 Å². The third kappa shape index (κ3) is 17.0. The van der Waals surface area contributed by atoms with E-state index in [4.69, 9.17) is 34.2 Å². The van der Waals surface area contributed by atoms with Crippen LogP contribution in [-0.2, 0) is 25.2 Å². The quantitative estimate of drug-likeness (QED) is 0.0636. The van der Waals surface area contributed by atoms with Crippen LogP contribution in [0.2, 0.25) is 0 Å². The second-order valence-corrected chi connectivity index (χ2v) is 30.9. The van der Waals surface area contributed by atoms with Crippen molar-refractivity contribution < 1.29 is 28.5 Å². The van der Waals surface area contributed by atoms with Crippen molar-refractivity contribution in [2.24, 2.45) is 5.92 Å². The molecule has 0 aliphatic heterocycles. The maximum absolute atomic E-state index is 12.5. The van der Waals surface area contributed by atoms with Gasteiger partial charge in [0.15, 0.2) is 34.4 Å². The molecule has 12 rings (SSSR count). The molecule has 9 aromatic heterocycles. The molecule has 0 saturated heterocycles. The van der Waals surface area contributed by atoms with Gasteiger partial charge in [0.25, 0.3) is 0 Å². The molecule has 0 spiro atoms. The molecule has 26 heteroatoms. The van der Waals surface area contributed by atoms with Gasteiger partial charge in [-0.25, -0.2) is 0 Å². The Kier molecular flexibility index (Phi) is 22.9. The number of amides is 2. The fourth-order valence-corrected chi connectivity index (χ4v) is 13.7. The van der Waals surface area contributed by atoms with E-state index in [-0.39, 0.29) is 34.5 Å². The predicted octanol–water partition coefficient (Wildman–Crippen LogP) is 12.5. The molecule has 9 heterocycles. The maximum atomic E-state index is 12.5. The molecule has 0 bridgehead atoms. The molecule has 0 unspecified atom stereocenters. The van der Waals surface area contributed by atoms with Gasteiger partial charge < -0.3 is 44.3 Å². The number of ether oxygens (including phenoxy) is 4. The number of rotatable bonds is 21. The number of nitrogens with zero attached hydrogens (tertiary/aromatic N) is 15. The van der Waals surface area contributed by atoms with E-state index in [2.05, 4.69) is 180 Å². The van der Waals surface area contributed by atoms with Crippen molar-refractivity contribution >= 4 is 107 Å². The molecule has 12 aromatic rings. The Morgan fingerprint density at radius 3 is 1.39 bits per heavy atom. The molecular formula is C75H91N17O6S3. The van der Waals surface area contributed by atoms with E-state index < -0.39 is 0 Å². The first-order chi connectivity index (χ1) is 48.0. The molecule has 0 radical (unpaired) electrons. The zero-order chi connectivity index (χ0) is 72.8. The van der Waals surface area contributed by atoms with Crippen LogP contribution in [-0.4, -0.2) is 148 Å². The third-order valence-electron chi connectivity index (χ3n) is 15.9. The first-order valence-corrected chi connectivity index (χ1v) is 35.9. The minimum absolute atomic E-state index is 0.0382. The first-order valence-electron chi connectivity index (χ1n) is 33.4. The molecule has 2 amide bonds. The Labute approximate surface area is 601 Å². The van der Waals surface area contributed by atoms with Crippen LogP contribution in [0.3, 0.4) is 0 Å². The highest BCUT2D eigenvalue weighted by Gasteiger charge is 2.29. The lowest BCUT2D eigenvalue weighted by Crippen LogP contribution is -2.22. The van der Waals surface area contributed by atoms with Crippen LogP contribution in [0.25, 0.3) is 69.3 Å². The highest BCUT2D eigenvalue weighted by atomic mass is 32.1. The molecule has 0 aliphatic carbocycles. The number of aromatic nitrogens is 12. The topological polar surface area (TPSA) is 234 Å². The third-order valence-corrected chi connectivity index (χ3v) is 19.5. The molecule has 0 atom stereocenters. The molecule has 23 nitrogen and oxygen atoms in total. The fraction of sp³-hybridized carbons (Fsp3) is 0.373. The lowest BCUT2D eigenvalue weighted by Gasteiger charge is -2.15. The Morgan fingerprint density at radius 1 is 0.525 bits per heavy atom. The Hall–Kier alpha value is -9.89. The molecule has 530 valence electrons. The van der Waals surface area contributed by atoms with Crippen molar-refractivity contribution in [3.63, 3.8) is 0 Å². The lowest BCUT2D eigenvalue weighted by molar-refractivity contribution is -0.117. The average Bonchev–Trinajstić information content (AvgIpc) is 1.56. The smallest absolute Gasteiger partial charge is 0.224 e. The van der Waals surface area contributed by atoms with E-state index in [0.717, 1.165) is 59.5 Å². The van der Waals surface area contributed by atoms with Gasteiger partial charge in [0, 0.05) is 115 Å². The van der Waals surface area contributed by atoms with E-state index in [0.29, 0.717) is 89.0 Å². The average molecular weight is 1420 g/mol. The van der Waals surface area contributed by atoms with Crippen LogP contribution in [0, 0.1) is 5.92 Å².